The molecule has 1 aromatic rings. The Kier molecular flexibility index (Phi) is 5.40. The molecule has 0 aliphatic carbocycles. The van der Waals surface area contributed by atoms with E-state index in [-0.39, 0.29) is 0 Å². The van der Waals surface area contributed by atoms with E-state index in [1.54, 1.807) is 11.1 Å². The van der Waals surface area contributed by atoms with Gasteiger partial charge in [0.15, 0.2) is 0 Å². The molecule has 0 bridgehead atoms. The van der Waals surface area contributed by atoms with Gasteiger partial charge in [0.05, 0.1) is 0 Å². The molecule has 0 unspecified atom stereocenters. The minimum atomic E-state index is -1.31. The van der Waals surface area contributed by atoms with Crippen molar-refractivity contribution in [3.8, 4) is 0 Å². The van der Waals surface area contributed by atoms with Gasteiger partial charge in [-0.1, -0.05) is 0 Å². The van der Waals surface area contributed by atoms with Crippen LogP contribution in [0.3, 0.4) is 0 Å². The molecule has 0 spiro atoms. The SMILES string of the molecule is Cc1ccc([As](C=CCl)C=CCl)cc1. The Morgan fingerprint density at radius 3 is 1.93 bits per heavy atom. The molecule has 74 valence electrons. The molecule has 3 heteroatoms. The minimum absolute atomic E-state index is 1.27. The fraction of sp³-hybridized carbons (Fsp3) is 0.0909. The van der Waals surface area contributed by atoms with E-state index in [4.69, 9.17) is 23.2 Å². The van der Waals surface area contributed by atoms with Crippen LogP contribution in [0.15, 0.2) is 45.1 Å². The van der Waals surface area contributed by atoms with Crippen LogP contribution in [-0.2, 0) is 0 Å². The summed E-state index contributed by atoms with van der Waals surface area (Å²) in [4.78, 5) is 4.08. The summed E-state index contributed by atoms with van der Waals surface area (Å²) >= 11 is 9.88. The number of hydrogen-bond acceptors (Lipinski definition) is 0. The van der Waals surface area contributed by atoms with Gasteiger partial charge in [-0.25, -0.2) is 0 Å². The molecule has 0 atom stereocenters. The third-order valence-electron chi connectivity index (χ3n) is 1.77. The van der Waals surface area contributed by atoms with Crippen LogP contribution in [0.1, 0.15) is 5.56 Å². The Labute approximate surface area is 99.5 Å². The molecular weight excluding hydrogens is 278 g/mol. The molecule has 0 saturated carbocycles. The summed E-state index contributed by atoms with van der Waals surface area (Å²) in [5.74, 6) is 0. The van der Waals surface area contributed by atoms with Gasteiger partial charge < -0.3 is 0 Å². The van der Waals surface area contributed by atoms with Crippen molar-refractivity contribution in [1.82, 2.24) is 0 Å². The first-order valence-corrected chi connectivity index (χ1v) is 8.14. The zero-order valence-corrected chi connectivity index (χ0v) is 11.2. The van der Waals surface area contributed by atoms with Gasteiger partial charge in [0, 0.05) is 0 Å². The third-order valence-corrected chi connectivity index (χ3v) is 6.63. The molecule has 14 heavy (non-hydrogen) atoms. The summed E-state index contributed by atoms with van der Waals surface area (Å²) in [6, 6.07) is 8.51. The van der Waals surface area contributed by atoms with Crippen molar-refractivity contribution < 1.29 is 0 Å². The molecule has 0 aromatic heterocycles. The van der Waals surface area contributed by atoms with Gasteiger partial charge in [-0.2, -0.15) is 0 Å². The molecule has 0 heterocycles. The summed E-state index contributed by atoms with van der Waals surface area (Å²) in [5.41, 5.74) is 4.43. The van der Waals surface area contributed by atoms with E-state index in [0.717, 1.165) is 0 Å². The summed E-state index contributed by atoms with van der Waals surface area (Å²) in [5, 5.41) is 0. The van der Waals surface area contributed by atoms with Gasteiger partial charge in [0.25, 0.3) is 0 Å². The molecule has 0 aliphatic heterocycles. The molecular formula is C11H11AsCl2. The molecule has 0 N–H and O–H groups in total. The normalized spacial score (nSPS) is 13.9. The van der Waals surface area contributed by atoms with Gasteiger partial charge in [-0.05, 0) is 0 Å². The Hall–Kier alpha value is -0.162. The van der Waals surface area contributed by atoms with E-state index in [1.807, 2.05) is 9.73 Å². The zero-order chi connectivity index (χ0) is 10.4. The summed E-state index contributed by atoms with van der Waals surface area (Å²) in [6.45, 7) is 2.08. The van der Waals surface area contributed by atoms with Crippen molar-refractivity contribution in [3.05, 3.63) is 50.6 Å². The van der Waals surface area contributed by atoms with Gasteiger partial charge >= 0.3 is 99.8 Å². The average Bonchev–Trinajstić information content (AvgIpc) is 2.19. The molecule has 1 rings (SSSR count). The number of hydrogen-bond donors (Lipinski definition) is 0. The van der Waals surface area contributed by atoms with Crippen LogP contribution in [0.25, 0.3) is 0 Å². The zero-order valence-electron chi connectivity index (χ0n) is 7.82. The molecule has 0 aliphatic rings. The first-order valence-electron chi connectivity index (χ1n) is 4.16. The van der Waals surface area contributed by atoms with Crippen LogP contribution < -0.4 is 4.35 Å². The van der Waals surface area contributed by atoms with E-state index in [2.05, 4.69) is 31.2 Å². The van der Waals surface area contributed by atoms with Gasteiger partial charge in [0.2, 0.25) is 0 Å². The van der Waals surface area contributed by atoms with E-state index >= 15 is 0 Å². The van der Waals surface area contributed by atoms with Crippen LogP contribution in [-0.4, -0.2) is 14.7 Å². The summed E-state index contributed by atoms with van der Waals surface area (Å²) < 4.78 is 1.33. The molecule has 1 aromatic carbocycles. The van der Waals surface area contributed by atoms with Crippen LogP contribution in [0.2, 0.25) is 0 Å². The van der Waals surface area contributed by atoms with Crippen molar-refractivity contribution in [3.63, 3.8) is 0 Å². The second-order valence-electron chi connectivity index (χ2n) is 2.79. The Balaban J connectivity index is 2.93. The van der Waals surface area contributed by atoms with E-state index < -0.39 is 14.7 Å². The van der Waals surface area contributed by atoms with Gasteiger partial charge in [-0.3, -0.25) is 0 Å². The first kappa shape index (κ1) is 11.9. The van der Waals surface area contributed by atoms with Crippen LogP contribution in [0, 0.1) is 6.92 Å². The number of rotatable bonds is 3. The number of aryl methyl sites for hydroxylation is 1. The predicted molar refractivity (Wildman–Crippen MR) is 66.6 cm³/mol. The second-order valence-corrected chi connectivity index (χ2v) is 7.34. The number of benzene rings is 1. The quantitative estimate of drug-likeness (QED) is 0.749. The molecule has 0 nitrogen and oxygen atoms in total. The third kappa shape index (κ3) is 3.53. The molecule has 0 amide bonds. The topological polar surface area (TPSA) is 0 Å². The Morgan fingerprint density at radius 2 is 1.50 bits per heavy atom. The predicted octanol–water partition coefficient (Wildman–Crippen LogP) is 3.28. The Bertz CT molecular complexity index is 316. The van der Waals surface area contributed by atoms with Crippen molar-refractivity contribution in [1.29, 1.82) is 0 Å². The monoisotopic (exact) mass is 288 g/mol. The summed E-state index contributed by atoms with van der Waals surface area (Å²) in [6.07, 6.45) is 0. The maximum atomic E-state index is 5.59. The molecule has 0 saturated heterocycles. The van der Waals surface area contributed by atoms with E-state index in [9.17, 15) is 0 Å². The van der Waals surface area contributed by atoms with Crippen molar-refractivity contribution in [2.45, 2.75) is 6.92 Å². The standard InChI is InChI=1S/C11H11AsCl2/c1-10-2-4-11(5-3-10)12(6-8-13)7-9-14/h2-9H,1H3. The first-order chi connectivity index (χ1) is 6.77. The van der Waals surface area contributed by atoms with Gasteiger partial charge in [0.1, 0.15) is 0 Å². The summed E-state index contributed by atoms with van der Waals surface area (Å²) in [7, 11) is 0. The van der Waals surface area contributed by atoms with Gasteiger partial charge in [-0.15, -0.1) is 0 Å². The maximum absolute atomic E-state index is 5.59. The number of halogens is 2. The van der Waals surface area contributed by atoms with Crippen LogP contribution in [0.5, 0.6) is 0 Å². The molecule has 0 fully saturated rings. The van der Waals surface area contributed by atoms with E-state index in [0.29, 0.717) is 0 Å². The molecule has 0 radical (unpaired) electrons. The van der Waals surface area contributed by atoms with Crippen molar-refractivity contribution in [2.24, 2.45) is 0 Å². The van der Waals surface area contributed by atoms with Crippen LogP contribution >= 0.6 is 23.2 Å². The van der Waals surface area contributed by atoms with Crippen molar-refractivity contribution in [2.75, 3.05) is 0 Å². The van der Waals surface area contributed by atoms with E-state index in [1.165, 1.54) is 9.91 Å². The fourth-order valence-corrected chi connectivity index (χ4v) is 4.80. The fourth-order valence-electron chi connectivity index (χ4n) is 1.06. The Morgan fingerprint density at radius 1 is 1.00 bits per heavy atom. The van der Waals surface area contributed by atoms with Crippen LogP contribution in [0.4, 0.5) is 0 Å². The second kappa shape index (κ2) is 6.35. The van der Waals surface area contributed by atoms with Crippen molar-refractivity contribution >= 4 is 42.2 Å². The average molecular weight is 289 g/mol.